The summed E-state index contributed by atoms with van der Waals surface area (Å²) in [4.78, 5) is 7.40. The Bertz CT molecular complexity index is 717. The van der Waals surface area contributed by atoms with Gasteiger partial charge in [0.05, 0.1) is 18.6 Å². The molecule has 0 aliphatic heterocycles. The molecule has 3 aromatic rings. The molecule has 2 aromatic carbocycles. The van der Waals surface area contributed by atoms with Gasteiger partial charge in [0.25, 0.3) is 0 Å². The third-order valence-corrected chi connectivity index (χ3v) is 3.97. The van der Waals surface area contributed by atoms with Crippen molar-refractivity contribution in [2.75, 3.05) is 6.61 Å². The Kier molecular flexibility index (Phi) is 5.22. The van der Waals surface area contributed by atoms with Crippen molar-refractivity contribution < 1.29 is 4.74 Å². The molecule has 0 saturated carbocycles. The van der Waals surface area contributed by atoms with Gasteiger partial charge in [0.2, 0.25) is 0 Å². The monoisotopic (exact) mass is 306 g/mol. The SMILES string of the molecule is Cc1[nH]cnc1CCCOCc1ccc(-c2ccccc2)cc1. The predicted molar refractivity (Wildman–Crippen MR) is 93.2 cm³/mol. The number of aromatic nitrogens is 2. The molecule has 3 rings (SSSR count). The van der Waals surface area contributed by atoms with Crippen LogP contribution in [0.2, 0.25) is 0 Å². The molecular formula is C20H22N2O. The van der Waals surface area contributed by atoms with Crippen LogP contribution in [-0.4, -0.2) is 16.6 Å². The van der Waals surface area contributed by atoms with Crippen molar-refractivity contribution in [1.82, 2.24) is 9.97 Å². The Labute approximate surface area is 137 Å². The minimum atomic E-state index is 0.661. The fourth-order valence-corrected chi connectivity index (χ4v) is 2.59. The summed E-state index contributed by atoms with van der Waals surface area (Å²) in [5, 5.41) is 0. The number of H-pyrrole nitrogens is 1. The van der Waals surface area contributed by atoms with Crippen molar-refractivity contribution in [3.8, 4) is 11.1 Å². The van der Waals surface area contributed by atoms with Crippen LogP contribution in [0.1, 0.15) is 23.4 Å². The van der Waals surface area contributed by atoms with Crippen molar-refractivity contribution in [1.29, 1.82) is 0 Å². The van der Waals surface area contributed by atoms with E-state index < -0.39 is 0 Å². The summed E-state index contributed by atoms with van der Waals surface area (Å²) in [6.07, 6.45) is 3.70. The number of rotatable bonds is 7. The Morgan fingerprint density at radius 2 is 1.70 bits per heavy atom. The van der Waals surface area contributed by atoms with Crippen molar-refractivity contribution in [2.45, 2.75) is 26.4 Å². The lowest BCUT2D eigenvalue weighted by atomic mass is 10.0. The van der Waals surface area contributed by atoms with Crippen LogP contribution in [-0.2, 0) is 17.8 Å². The van der Waals surface area contributed by atoms with Gasteiger partial charge in [0.15, 0.2) is 0 Å². The van der Waals surface area contributed by atoms with E-state index in [-0.39, 0.29) is 0 Å². The maximum absolute atomic E-state index is 5.77. The quantitative estimate of drug-likeness (QED) is 0.651. The Morgan fingerprint density at radius 1 is 0.957 bits per heavy atom. The molecule has 3 heteroatoms. The van der Waals surface area contributed by atoms with Gasteiger partial charge in [-0.25, -0.2) is 4.98 Å². The molecule has 0 bridgehead atoms. The van der Waals surface area contributed by atoms with Crippen molar-refractivity contribution in [3.05, 3.63) is 77.9 Å². The molecule has 0 amide bonds. The molecule has 1 N–H and O–H groups in total. The Morgan fingerprint density at radius 3 is 2.39 bits per heavy atom. The number of ether oxygens (including phenoxy) is 1. The van der Waals surface area contributed by atoms with E-state index in [9.17, 15) is 0 Å². The topological polar surface area (TPSA) is 37.9 Å². The molecule has 1 heterocycles. The van der Waals surface area contributed by atoms with Crippen LogP contribution >= 0.6 is 0 Å². The zero-order valence-corrected chi connectivity index (χ0v) is 13.5. The van der Waals surface area contributed by atoms with E-state index in [0.29, 0.717) is 6.61 Å². The minimum Gasteiger partial charge on any atom is -0.377 e. The van der Waals surface area contributed by atoms with Crippen LogP contribution in [0.15, 0.2) is 60.9 Å². The highest BCUT2D eigenvalue weighted by Gasteiger charge is 2.01. The number of hydrogen-bond acceptors (Lipinski definition) is 2. The number of nitrogens with one attached hydrogen (secondary N) is 1. The number of aromatic amines is 1. The van der Waals surface area contributed by atoms with Gasteiger partial charge in [-0.15, -0.1) is 0 Å². The first kappa shape index (κ1) is 15.5. The fourth-order valence-electron chi connectivity index (χ4n) is 2.59. The van der Waals surface area contributed by atoms with Crippen LogP contribution < -0.4 is 0 Å². The van der Waals surface area contributed by atoms with Gasteiger partial charge in [0.1, 0.15) is 0 Å². The first-order chi connectivity index (χ1) is 11.3. The molecule has 0 fully saturated rings. The molecule has 0 aliphatic rings. The second-order valence-corrected chi connectivity index (χ2v) is 5.69. The molecule has 118 valence electrons. The zero-order valence-electron chi connectivity index (χ0n) is 13.5. The van der Waals surface area contributed by atoms with E-state index >= 15 is 0 Å². The molecule has 0 spiro atoms. The minimum absolute atomic E-state index is 0.661. The van der Waals surface area contributed by atoms with Gasteiger partial charge in [-0.2, -0.15) is 0 Å². The predicted octanol–water partition coefficient (Wildman–Crippen LogP) is 4.53. The Hall–Kier alpha value is -2.39. The van der Waals surface area contributed by atoms with E-state index in [1.54, 1.807) is 6.33 Å². The normalized spacial score (nSPS) is 10.8. The summed E-state index contributed by atoms with van der Waals surface area (Å²) in [6, 6.07) is 19.0. The third-order valence-electron chi connectivity index (χ3n) is 3.97. The maximum atomic E-state index is 5.77. The van der Waals surface area contributed by atoms with Gasteiger partial charge in [0, 0.05) is 12.3 Å². The smallest absolute Gasteiger partial charge is 0.0925 e. The van der Waals surface area contributed by atoms with Crippen LogP contribution in [0, 0.1) is 6.92 Å². The summed E-state index contributed by atoms with van der Waals surface area (Å²) < 4.78 is 5.77. The first-order valence-electron chi connectivity index (χ1n) is 8.04. The summed E-state index contributed by atoms with van der Waals surface area (Å²) >= 11 is 0. The molecule has 1 aromatic heterocycles. The van der Waals surface area contributed by atoms with E-state index in [2.05, 4.69) is 65.4 Å². The summed E-state index contributed by atoms with van der Waals surface area (Å²) in [7, 11) is 0. The highest BCUT2D eigenvalue weighted by molar-refractivity contribution is 5.63. The second kappa shape index (κ2) is 7.75. The lowest BCUT2D eigenvalue weighted by Crippen LogP contribution is -1.98. The average molecular weight is 306 g/mol. The van der Waals surface area contributed by atoms with Gasteiger partial charge >= 0.3 is 0 Å². The van der Waals surface area contributed by atoms with E-state index in [4.69, 9.17) is 4.74 Å². The first-order valence-corrected chi connectivity index (χ1v) is 8.04. The van der Waals surface area contributed by atoms with Crippen LogP contribution in [0.4, 0.5) is 0 Å². The van der Waals surface area contributed by atoms with Crippen LogP contribution in [0.5, 0.6) is 0 Å². The van der Waals surface area contributed by atoms with Gasteiger partial charge in [-0.1, -0.05) is 54.6 Å². The van der Waals surface area contributed by atoms with Gasteiger partial charge in [-0.05, 0) is 36.5 Å². The number of aryl methyl sites for hydroxylation is 2. The molecule has 0 unspecified atom stereocenters. The highest BCUT2D eigenvalue weighted by atomic mass is 16.5. The van der Waals surface area contributed by atoms with Crippen LogP contribution in [0.3, 0.4) is 0 Å². The van der Waals surface area contributed by atoms with E-state index in [1.807, 2.05) is 6.07 Å². The van der Waals surface area contributed by atoms with Crippen molar-refractivity contribution in [2.24, 2.45) is 0 Å². The lowest BCUT2D eigenvalue weighted by molar-refractivity contribution is 0.118. The van der Waals surface area contributed by atoms with E-state index in [0.717, 1.165) is 30.8 Å². The van der Waals surface area contributed by atoms with Crippen molar-refractivity contribution >= 4 is 0 Å². The molecule has 0 atom stereocenters. The molecule has 23 heavy (non-hydrogen) atoms. The number of hydrogen-bond donors (Lipinski definition) is 1. The summed E-state index contributed by atoms with van der Waals surface area (Å²) in [5.74, 6) is 0. The molecule has 0 radical (unpaired) electrons. The zero-order chi connectivity index (χ0) is 15.9. The largest absolute Gasteiger partial charge is 0.377 e. The molecule has 3 nitrogen and oxygen atoms in total. The number of imidazole rings is 1. The fraction of sp³-hybridized carbons (Fsp3) is 0.250. The second-order valence-electron chi connectivity index (χ2n) is 5.69. The average Bonchev–Trinajstić information content (AvgIpc) is 3.01. The summed E-state index contributed by atoms with van der Waals surface area (Å²) in [5.41, 5.74) is 5.99. The van der Waals surface area contributed by atoms with Gasteiger partial charge < -0.3 is 9.72 Å². The molecular weight excluding hydrogens is 284 g/mol. The van der Waals surface area contributed by atoms with Crippen molar-refractivity contribution in [3.63, 3.8) is 0 Å². The molecule has 0 saturated heterocycles. The highest BCUT2D eigenvalue weighted by Crippen LogP contribution is 2.19. The Balaban J connectivity index is 1.43. The lowest BCUT2D eigenvalue weighted by Gasteiger charge is -2.06. The van der Waals surface area contributed by atoms with Gasteiger partial charge in [-0.3, -0.25) is 0 Å². The standard InChI is InChI=1S/C20H22N2O/c1-16-20(22-15-21-16)8-5-13-23-14-17-9-11-19(12-10-17)18-6-3-2-4-7-18/h2-4,6-7,9-12,15H,5,8,13-14H2,1H3,(H,21,22). The number of benzene rings is 2. The van der Waals surface area contributed by atoms with Crippen LogP contribution in [0.25, 0.3) is 11.1 Å². The summed E-state index contributed by atoms with van der Waals surface area (Å²) in [6.45, 7) is 3.47. The maximum Gasteiger partial charge on any atom is 0.0925 e. The molecule has 0 aliphatic carbocycles. The third kappa shape index (κ3) is 4.30. The number of nitrogens with zero attached hydrogens (tertiary/aromatic N) is 1. The van der Waals surface area contributed by atoms with E-state index in [1.165, 1.54) is 16.7 Å².